The average Bonchev–Trinajstić information content (AvgIpc) is 3.01. The van der Waals surface area contributed by atoms with E-state index in [-0.39, 0.29) is 17.5 Å². The van der Waals surface area contributed by atoms with Crippen molar-refractivity contribution in [3.63, 3.8) is 0 Å². The summed E-state index contributed by atoms with van der Waals surface area (Å²) in [6.45, 7) is 0. The van der Waals surface area contributed by atoms with Gasteiger partial charge in [-0.25, -0.2) is 8.42 Å². The minimum Gasteiger partial charge on any atom is -0.366 e. The summed E-state index contributed by atoms with van der Waals surface area (Å²) in [4.78, 5) is 0. The molecule has 1 aromatic carbocycles. The Morgan fingerprint density at radius 2 is 1.75 bits per heavy atom. The highest BCUT2D eigenvalue weighted by atomic mass is 32.2. The van der Waals surface area contributed by atoms with Gasteiger partial charge in [0.2, 0.25) is 0 Å². The Morgan fingerprint density at radius 1 is 1.00 bits per heavy atom. The van der Waals surface area contributed by atoms with E-state index in [1.807, 2.05) is 42.5 Å². The summed E-state index contributed by atoms with van der Waals surface area (Å²) in [7, 11) is -2.86. The molecule has 8 heteroatoms. The standard InChI is InChI=1S/C16H17N5O2S/c22-24(23)10-8-13(9-11-24)17-14-6-7-15-18-19-16(21(15)20-14)12-4-2-1-3-5-12/h1-7,13H,8-11H2,(H,17,20). The molecular formula is C16H17N5O2S. The zero-order valence-corrected chi connectivity index (χ0v) is 13.8. The molecule has 0 atom stereocenters. The highest BCUT2D eigenvalue weighted by Gasteiger charge is 2.23. The molecule has 124 valence electrons. The Morgan fingerprint density at radius 3 is 2.50 bits per heavy atom. The third-order valence-corrected chi connectivity index (χ3v) is 5.92. The molecule has 1 N–H and O–H groups in total. The van der Waals surface area contributed by atoms with E-state index in [1.165, 1.54) is 0 Å². The number of sulfone groups is 1. The Bertz CT molecular complexity index is 955. The summed E-state index contributed by atoms with van der Waals surface area (Å²) < 4.78 is 24.8. The Balaban J connectivity index is 1.61. The second-order valence-electron chi connectivity index (χ2n) is 5.95. The van der Waals surface area contributed by atoms with Gasteiger partial charge in [0.25, 0.3) is 0 Å². The molecule has 0 saturated carbocycles. The van der Waals surface area contributed by atoms with Crippen molar-refractivity contribution in [3.05, 3.63) is 42.5 Å². The number of nitrogens with one attached hydrogen (secondary N) is 1. The number of nitrogens with zero attached hydrogens (tertiary/aromatic N) is 4. The third kappa shape index (κ3) is 2.96. The summed E-state index contributed by atoms with van der Waals surface area (Å²) in [6, 6.07) is 13.6. The Kier molecular flexibility index (Phi) is 3.68. The summed E-state index contributed by atoms with van der Waals surface area (Å²) in [5.74, 6) is 1.84. The normalized spacial score (nSPS) is 17.8. The van der Waals surface area contributed by atoms with Crippen LogP contribution in [0.2, 0.25) is 0 Å². The summed E-state index contributed by atoms with van der Waals surface area (Å²) in [6.07, 6.45) is 1.21. The van der Waals surface area contributed by atoms with Crippen LogP contribution in [0.5, 0.6) is 0 Å². The van der Waals surface area contributed by atoms with Crippen LogP contribution in [0.3, 0.4) is 0 Å². The molecule has 1 fully saturated rings. The van der Waals surface area contributed by atoms with Gasteiger partial charge in [0.15, 0.2) is 11.5 Å². The molecule has 1 aliphatic heterocycles. The number of benzene rings is 1. The van der Waals surface area contributed by atoms with Crippen LogP contribution in [0.25, 0.3) is 17.0 Å². The van der Waals surface area contributed by atoms with E-state index < -0.39 is 9.84 Å². The maximum Gasteiger partial charge on any atom is 0.185 e. The van der Waals surface area contributed by atoms with Crippen molar-refractivity contribution in [2.45, 2.75) is 18.9 Å². The molecule has 1 saturated heterocycles. The summed E-state index contributed by atoms with van der Waals surface area (Å²) in [5.41, 5.74) is 1.61. The lowest BCUT2D eigenvalue weighted by Crippen LogP contribution is -2.32. The van der Waals surface area contributed by atoms with E-state index in [2.05, 4.69) is 20.6 Å². The van der Waals surface area contributed by atoms with Crippen LogP contribution in [-0.4, -0.2) is 45.8 Å². The molecule has 24 heavy (non-hydrogen) atoms. The first-order valence-corrected chi connectivity index (χ1v) is 9.68. The van der Waals surface area contributed by atoms with E-state index in [0.717, 1.165) is 5.56 Å². The molecule has 1 aliphatic rings. The Labute approximate surface area is 139 Å². The third-order valence-electron chi connectivity index (χ3n) is 4.20. The lowest BCUT2D eigenvalue weighted by Gasteiger charge is -2.23. The molecule has 7 nitrogen and oxygen atoms in total. The van der Waals surface area contributed by atoms with Gasteiger partial charge in [-0.1, -0.05) is 30.3 Å². The highest BCUT2D eigenvalue weighted by molar-refractivity contribution is 7.91. The number of fused-ring (bicyclic) bond motifs is 1. The molecule has 2 aromatic heterocycles. The van der Waals surface area contributed by atoms with Gasteiger partial charge in [0.1, 0.15) is 15.7 Å². The second-order valence-corrected chi connectivity index (χ2v) is 8.25. The van der Waals surface area contributed by atoms with E-state index in [1.54, 1.807) is 4.52 Å². The van der Waals surface area contributed by atoms with Crippen LogP contribution in [0.4, 0.5) is 5.82 Å². The fourth-order valence-electron chi connectivity index (χ4n) is 2.88. The zero-order valence-electron chi connectivity index (χ0n) is 13.0. The smallest absolute Gasteiger partial charge is 0.185 e. The van der Waals surface area contributed by atoms with Crippen LogP contribution in [-0.2, 0) is 9.84 Å². The molecule has 3 heterocycles. The minimum atomic E-state index is -2.86. The molecule has 0 aliphatic carbocycles. The number of hydrogen-bond acceptors (Lipinski definition) is 6. The van der Waals surface area contributed by atoms with Crippen molar-refractivity contribution in [2.24, 2.45) is 0 Å². The minimum absolute atomic E-state index is 0.120. The number of anilines is 1. The van der Waals surface area contributed by atoms with Crippen molar-refractivity contribution in [2.75, 3.05) is 16.8 Å². The summed E-state index contributed by atoms with van der Waals surface area (Å²) >= 11 is 0. The molecule has 3 aromatic rings. The lowest BCUT2D eigenvalue weighted by atomic mass is 10.1. The van der Waals surface area contributed by atoms with Gasteiger partial charge < -0.3 is 5.32 Å². The van der Waals surface area contributed by atoms with Crippen LogP contribution in [0.15, 0.2) is 42.5 Å². The fourth-order valence-corrected chi connectivity index (χ4v) is 4.37. The largest absolute Gasteiger partial charge is 0.366 e. The van der Waals surface area contributed by atoms with Gasteiger partial charge in [0.05, 0.1) is 11.5 Å². The predicted molar refractivity (Wildman–Crippen MR) is 91.5 cm³/mol. The molecular weight excluding hydrogens is 326 g/mol. The van der Waals surface area contributed by atoms with E-state index in [4.69, 9.17) is 0 Å². The maximum absolute atomic E-state index is 11.5. The highest BCUT2D eigenvalue weighted by Crippen LogP contribution is 2.20. The molecule has 0 spiro atoms. The van der Waals surface area contributed by atoms with Crippen molar-refractivity contribution in [1.29, 1.82) is 0 Å². The van der Waals surface area contributed by atoms with Crippen LogP contribution in [0.1, 0.15) is 12.8 Å². The monoisotopic (exact) mass is 343 g/mol. The van der Waals surface area contributed by atoms with Crippen molar-refractivity contribution >= 4 is 21.3 Å². The fraction of sp³-hybridized carbons (Fsp3) is 0.312. The summed E-state index contributed by atoms with van der Waals surface area (Å²) in [5, 5.41) is 16.3. The second kappa shape index (κ2) is 5.86. The SMILES string of the molecule is O=S1(=O)CCC(Nc2ccc3nnc(-c4ccccc4)n3n2)CC1. The first-order chi connectivity index (χ1) is 11.6. The lowest BCUT2D eigenvalue weighted by molar-refractivity contribution is 0.558. The first kappa shape index (κ1) is 15.1. The van der Waals surface area contributed by atoms with Gasteiger partial charge in [-0.3, -0.25) is 0 Å². The van der Waals surface area contributed by atoms with Gasteiger partial charge >= 0.3 is 0 Å². The van der Waals surface area contributed by atoms with Crippen molar-refractivity contribution in [3.8, 4) is 11.4 Å². The zero-order chi connectivity index (χ0) is 16.6. The Hall–Kier alpha value is -2.48. The van der Waals surface area contributed by atoms with Gasteiger partial charge in [-0.05, 0) is 25.0 Å². The van der Waals surface area contributed by atoms with Gasteiger partial charge in [-0.15, -0.1) is 15.3 Å². The quantitative estimate of drug-likeness (QED) is 0.780. The average molecular weight is 343 g/mol. The number of rotatable bonds is 3. The van der Waals surface area contributed by atoms with E-state index >= 15 is 0 Å². The van der Waals surface area contributed by atoms with Crippen LogP contribution >= 0.6 is 0 Å². The predicted octanol–water partition coefficient (Wildman–Crippen LogP) is 1.78. The molecule has 4 rings (SSSR count). The molecule has 0 bridgehead atoms. The number of hydrogen-bond donors (Lipinski definition) is 1. The van der Waals surface area contributed by atoms with Gasteiger partial charge in [0, 0.05) is 11.6 Å². The molecule has 0 amide bonds. The maximum atomic E-state index is 11.5. The number of aromatic nitrogens is 4. The molecule has 0 unspecified atom stereocenters. The van der Waals surface area contributed by atoms with Crippen LogP contribution in [0, 0.1) is 0 Å². The van der Waals surface area contributed by atoms with Crippen LogP contribution < -0.4 is 5.32 Å². The van der Waals surface area contributed by atoms with Gasteiger partial charge in [-0.2, -0.15) is 4.52 Å². The topological polar surface area (TPSA) is 89.2 Å². The molecule has 0 radical (unpaired) electrons. The van der Waals surface area contributed by atoms with E-state index in [0.29, 0.717) is 30.1 Å². The van der Waals surface area contributed by atoms with E-state index in [9.17, 15) is 8.42 Å². The van der Waals surface area contributed by atoms with Crippen molar-refractivity contribution in [1.82, 2.24) is 19.8 Å². The van der Waals surface area contributed by atoms with Crippen molar-refractivity contribution < 1.29 is 8.42 Å². The first-order valence-electron chi connectivity index (χ1n) is 7.86.